The van der Waals surface area contributed by atoms with Crippen LogP contribution in [-0.4, -0.2) is 23.0 Å². The van der Waals surface area contributed by atoms with Gasteiger partial charge in [-0.15, -0.1) is 0 Å². The summed E-state index contributed by atoms with van der Waals surface area (Å²) in [6.07, 6.45) is 5.30. The second-order valence-electron chi connectivity index (χ2n) is 4.31. The molecular weight excluding hydrogens is 267 g/mol. The van der Waals surface area contributed by atoms with Gasteiger partial charge in [-0.1, -0.05) is 46.0 Å². The summed E-state index contributed by atoms with van der Waals surface area (Å²) in [5, 5.41) is 9.80. The molecule has 0 amide bonds. The Labute approximate surface area is 148 Å². The fourth-order valence-corrected chi connectivity index (χ4v) is 2.62. The maximum atomic E-state index is 11.0. The SMILES string of the molecule is CCCCCCCC(O)(CCC)S(=O)(=O)[O-].[K+]. The molecule has 0 saturated carbocycles. The molecule has 0 aromatic carbocycles. The van der Waals surface area contributed by atoms with Gasteiger partial charge in [-0.05, 0) is 19.3 Å². The Morgan fingerprint density at radius 3 is 1.94 bits per heavy atom. The summed E-state index contributed by atoms with van der Waals surface area (Å²) in [4.78, 5) is -2.05. The molecule has 0 bridgehead atoms. The van der Waals surface area contributed by atoms with E-state index in [0.717, 1.165) is 25.7 Å². The quantitative estimate of drug-likeness (QED) is 0.349. The Morgan fingerprint density at radius 1 is 1.00 bits per heavy atom. The summed E-state index contributed by atoms with van der Waals surface area (Å²) in [5.41, 5.74) is 0. The Hall–Kier alpha value is 1.51. The van der Waals surface area contributed by atoms with Crippen molar-refractivity contribution < 1.29 is 69.5 Å². The monoisotopic (exact) mass is 290 g/mol. The van der Waals surface area contributed by atoms with Gasteiger partial charge >= 0.3 is 51.4 Å². The number of rotatable bonds is 9. The number of unbranched alkanes of at least 4 members (excludes halogenated alkanes) is 4. The molecule has 1 atom stereocenters. The van der Waals surface area contributed by atoms with E-state index in [4.69, 9.17) is 0 Å². The van der Waals surface area contributed by atoms with Crippen LogP contribution in [-0.2, 0) is 10.1 Å². The standard InChI is InChI=1S/C11H24O4S.K/c1-3-5-6-7-8-10-11(12,9-4-2)16(13,14)15;/h12H,3-10H2,1-2H3,(H,13,14,15);/q;+1/p-1. The molecule has 4 nitrogen and oxygen atoms in total. The van der Waals surface area contributed by atoms with Crippen LogP contribution in [0.25, 0.3) is 0 Å². The second kappa shape index (κ2) is 10.3. The molecule has 0 heterocycles. The molecule has 6 heteroatoms. The number of aliphatic hydroxyl groups is 1. The summed E-state index contributed by atoms with van der Waals surface area (Å²) in [6, 6.07) is 0. The van der Waals surface area contributed by atoms with Crippen LogP contribution in [0.4, 0.5) is 0 Å². The smallest absolute Gasteiger partial charge is 0.746 e. The molecule has 0 spiro atoms. The van der Waals surface area contributed by atoms with Crippen molar-refractivity contribution in [3.8, 4) is 0 Å². The Morgan fingerprint density at radius 2 is 1.53 bits per heavy atom. The first-order valence-corrected chi connectivity index (χ1v) is 7.46. The first kappa shape index (κ1) is 20.8. The zero-order valence-corrected chi connectivity index (χ0v) is 15.2. The van der Waals surface area contributed by atoms with Gasteiger partial charge in [-0.25, -0.2) is 8.42 Å². The van der Waals surface area contributed by atoms with Gasteiger partial charge in [-0.3, -0.25) is 0 Å². The normalized spacial score (nSPS) is 15.1. The van der Waals surface area contributed by atoms with Crippen LogP contribution in [0.15, 0.2) is 0 Å². The predicted octanol–water partition coefficient (Wildman–Crippen LogP) is -0.615. The Bertz CT molecular complexity index is 279. The summed E-state index contributed by atoms with van der Waals surface area (Å²) in [5.74, 6) is 0. The average Bonchev–Trinajstić information content (AvgIpc) is 2.16. The fourth-order valence-electron chi connectivity index (χ4n) is 1.77. The molecule has 17 heavy (non-hydrogen) atoms. The van der Waals surface area contributed by atoms with Crippen molar-refractivity contribution in [2.75, 3.05) is 0 Å². The van der Waals surface area contributed by atoms with Crippen LogP contribution in [0.3, 0.4) is 0 Å². The van der Waals surface area contributed by atoms with E-state index >= 15 is 0 Å². The summed E-state index contributed by atoms with van der Waals surface area (Å²) in [6.45, 7) is 3.85. The molecule has 0 aliphatic carbocycles. The van der Waals surface area contributed by atoms with E-state index in [2.05, 4.69) is 6.92 Å². The summed E-state index contributed by atoms with van der Waals surface area (Å²) < 4.78 is 32.9. The van der Waals surface area contributed by atoms with Crippen LogP contribution < -0.4 is 51.4 Å². The third-order valence-corrected chi connectivity index (χ3v) is 4.12. The minimum Gasteiger partial charge on any atom is -0.746 e. The van der Waals surface area contributed by atoms with Crippen LogP contribution in [0, 0.1) is 0 Å². The van der Waals surface area contributed by atoms with Crippen molar-refractivity contribution >= 4 is 10.1 Å². The number of hydrogen-bond donors (Lipinski definition) is 1. The molecule has 0 aromatic heterocycles. The van der Waals surface area contributed by atoms with Gasteiger partial charge in [0.1, 0.15) is 10.1 Å². The van der Waals surface area contributed by atoms with Crippen LogP contribution in [0.5, 0.6) is 0 Å². The van der Waals surface area contributed by atoms with Gasteiger partial charge in [0, 0.05) is 0 Å². The topological polar surface area (TPSA) is 77.4 Å². The zero-order valence-electron chi connectivity index (χ0n) is 11.2. The Balaban J connectivity index is 0. The molecule has 0 radical (unpaired) electrons. The van der Waals surface area contributed by atoms with Crippen LogP contribution >= 0.6 is 0 Å². The fraction of sp³-hybridized carbons (Fsp3) is 1.00. The summed E-state index contributed by atoms with van der Waals surface area (Å²) >= 11 is 0. The van der Waals surface area contributed by atoms with Crippen molar-refractivity contribution in [2.45, 2.75) is 70.1 Å². The molecule has 0 aliphatic rings. The third-order valence-electron chi connectivity index (χ3n) is 2.78. The minimum atomic E-state index is -4.61. The molecule has 0 saturated heterocycles. The first-order chi connectivity index (χ1) is 7.37. The van der Waals surface area contributed by atoms with Crippen molar-refractivity contribution in [2.24, 2.45) is 0 Å². The van der Waals surface area contributed by atoms with Gasteiger partial charge in [-0.2, -0.15) is 0 Å². The van der Waals surface area contributed by atoms with Crippen molar-refractivity contribution in [1.29, 1.82) is 0 Å². The van der Waals surface area contributed by atoms with Crippen molar-refractivity contribution in [1.82, 2.24) is 0 Å². The Kier molecular flexibility index (Phi) is 12.6. The number of hydrogen-bond acceptors (Lipinski definition) is 4. The first-order valence-electron chi connectivity index (χ1n) is 6.05. The van der Waals surface area contributed by atoms with E-state index in [9.17, 15) is 18.1 Å². The van der Waals surface area contributed by atoms with Gasteiger partial charge in [0.15, 0.2) is 4.93 Å². The largest absolute Gasteiger partial charge is 1.00 e. The van der Waals surface area contributed by atoms with Gasteiger partial charge < -0.3 is 9.66 Å². The van der Waals surface area contributed by atoms with Crippen LogP contribution in [0.1, 0.15) is 65.2 Å². The average molecular weight is 290 g/mol. The van der Waals surface area contributed by atoms with Gasteiger partial charge in [0.2, 0.25) is 0 Å². The molecule has 0 fully saturated rings. The maximum Gasteiger partial charge on any atom is 1.00 e. The summed E-state index contributed by atoms with van der Waals surface area (Å²) in [7, 11) is -4.61. The van der Waals surface area contributed by atoms with Crippen molar-refractivity contribution in [3.05, 3.63) is 0 Å². The van der Waals surface area contributed by atoms with E-state index in [1.165, 1.54) is 0 Å². The van der Waals surface area contributed by atoms with E-state index in [-0.39, 0.29) is 64.2 Å². The van der Waals surface area contributed by atoms with E-state index in [0.29, 0.717) is 12.8 Å². The van der Waals surface area contributed by atoms with E-state index in [1.807, 2.05) is 0 Å². The minimum absolute atomic E-state index is 0. The van der Waals surface area contributed by atoms with Gasteiger partial charge in [0.05, 0.1) is 0 Å². The predicted molar refractivity (Wildman–Crippen MR) is 62.9 cm³/mol. The third kappa shape index (κ3) is 8.31. The van der Waals surface area contributed by atoms with Crippen LogP contribution in [0.2, 0.25) is 0 Å². The molecule has 98 valence electrons. The molecule has 1 N–H and O–H groups in total. The molecule has 0 aromatic rings. The van der Waals surface area contributed by atoms with Gasteiger partial charge in [0.25, 0.3) is 0 Å². The molecule has 0 rings (SSSR count). The van der Waals surface area contributed by atoms with E-state index in [1.54, 1.807) is 6.92 Å². The van der Waals surface area contributed by atoms with Crippen molar-refractivity contribution in [3.63, 3.8) is 0 Å². The second-order valence-corrected chi connectivity index (χ2v) is 5.98. The molecule has 1 unspecified atom stereocenters. The maximum absolute atomic E-state index is 11.0. The molecular formula is C11H23KO4S. The molecule has 0 aliphatic heterocycles. The van der Waals surface area contributed by atoms with E-state index < -0.39 is 15.1 Å². The zero-order chi connectivity index (χ0) is 12.7.